The standard InChI is InChI=1S/C19H18N2O5/c1-11(22)15-5-3-4-6-16(15)21-18(24)12(2)26-19(25)14-9-7-13(8-10-14)17(20)23/h3-10,12H,1-2H3,(H2,20,23)(H,21,24). The number of esters is 1. The van der Waals surface area contributed by atoms with E-state index in [-0.39, 0.29) is 16.9 Å². The minimum atomic E-state index is -1.08. The number of ketones is 1. The number of carbonyl (C=O) groups excluding carboxylic acids is 4. The van der Waals surface area contributed by atoms with Gasteiger partial charge in [-0.3, -0.25) is 14.4 Å². The molecule has 0 spiro atoms. The van der Waals surface area contributed by atoms with Crippen molar-refractivity contribution in [3.05, 3.63) is 65.2 Å². The second kappa shape index (κ2) is 8.06. The molecule has 1 atom stereocenters. The molecule has 0 aliphatic rings. The molecule has 0 bridgehead atoms. The molecule has 134 valence electrons. The van der Waals surface area contributed by atoms with E-state index in [4.69, 9.17) is 10.5 Å². The zero-order valence-corrected chi connectivity index (χ0v) is 14.3. The van der Waals surface area contributed by atoms with Crippen molar-refractivity contribution < 1.29 is 23.9 Å². The molecular formula is C19H18N2O5. The Morgan fingerprint density at radius 2 is 1.54 bits per heavy atom. The number of rotatable bonds is 6. The van der Waals surface area contributed by atoms with Gasteiger partial charge in [-0.1, -0.05) is 12.1 Å². The Kier molecular flexibility index (Phi) is 5.85. The minimum Gasteiger partial charge on any atom is -0.449 e. The van der Waals surface area contributed by atoms with Crippen molar-refractivity contribution in [3.8, 4) is 0 Å². The average Bonchev–Trinajstić information content (AvgIpc) is 2.61. The molecule has 0 aromatic heterocycles. The van der Waals surface area contributed by atoms with Crippen molar-refractivity contribution >= 4 is 29.3 Å². The van der Waals surface area contributed by atoms with E-state index in [1.54, 1.807) is 24.3 Å². The first kappa shape index (κ1) is 18.9. The molecule has 2 amide bonds. The monoisotopic (exact) mass is 354 g/mol. The van der Waals surface area contributed by atoms with Crippen molar-refractivity contribution in [2.24, 2.45) is 5.73 Å². The van der Waals surface area contributed by atoms with Gasteiger partial charge in [-0.25, -0.2) is 4.79 Å². The van der Waals surface area contributed by atoms with Gasteiger partial charge in [0, 0.05) is 11.1 Å². The molecule has 7 nitrogen and oxygen atoms in total. The lowest BCUT2D eigenvalue weighted by molar-refractivity contribution is -0.123. The van der Waals surface area contributed by atoms with E-state index in [2.05, 4.69) is 5.32 Å². The van der Waals surface area contributed by atoms with Crippen LogP contribution in [-0.2, 0) is 9.53 Å². The molecule has 0 saturated heterocycles. The number of nitrogens with one attached hydrogen (secondary N) is 1. The summed E-state index contributed by atoms with van der Waals surface area (Å²) in [7, 11) is 0. The second-order valence-corrected chi connectivity index (χ2v) is 5.58. The first-order chi connectivity index (χ1) is 12.3. The van der Waals surface area contributed by atoms with Gasteiger partial charge in [-0.05, 0) is 50.2 Å². The lowest BCUT2D eigenvalue weighted by Crippen LogP contribution is -2.30. The SMILES string of the molecule is CC(=O)c1ccccc1NC(=O)C(C)OC(=O)c1ccc(C(N)=O)cc1. The number of amides is 2. The van der Waals surface area contributed by atoms with Crippen molar-refractivity contribution in [3.63, 3.8) is 0 Å². The van der Waals surface area contributed by atoms with Gasteiger partial charge in [0.1, 0.15) is 0 Å². The Morgan fingerprint density at radius 1 is 0.962 bits per heavy atom. The van der Waals surface area contributed by atoms with E-state index in [9.17, 15) is 19.2 Å². The number of carbonyl (C=O) groups is 4. The van der Waals surface area contributed by atoms with Crippen molar-refractivity contribution in [1.29, 1.82) is 0 Å². The number of nitrogens with two attached hydrogens (primary N) is 1. The van der Waals surface area contributed by atoms with Crippen LogP contribution in [0.1, 0.15) is 44.9 Å². The average molecular weight is 354 g/mol. The summed E-state index contributed by atoms with van der Waals surface area (Å²) in [5, 5.41) is 2.57. The fraction of sp³-hybridized carbons (Fsp3) is 0.158. The Bertz CT molecular complexity index is 858. The van der Waals surface area contributed by atoms with Crippen molar-refractivity contribution in [2.45, 2.75) is 20.0 Å². The van der Waals surface area contributed by atoms with Crippen LogP contribution in [-0.4, -0.2) is 29.7 Å². The highest BCUT2D eigenvalue weighted by Crippen LogP contribution is 2.16. The van der Waals surface area contributed by atoms with Crippen LogP contribution in [0.3, 0.4) is 0 Å². The van der Waals surface area contributed by atoms with Gasteiger partial charge in [-0.2, -0.15) is 0 Å². The molecule has 0 aliphatic heterocycles. The quantitative estimate of drug-likeness (QED) is 0.609. The van der Waals surface area contributed by atoms with Crippen LogP contribution < -0.4 is 11.1 Å². The highest BCUT2D eigenvalue weighted by molar-refractivity contribution is 6.05. The lowest BCUT2D eigenvalue weighted by Gasteiger charge is -2.15. The second-order valence-electron chi connectivity index (χ2n) is 5.58. The molecule has 26 heavy (non-hydrogen) atoms. The van der Waals surface area contributed by atoms with Crippen molar-refractivity contribution in [1.82, 2.24) is 0 Å². The molecule has 0 fully saturated rings. The van der Waals surface area contributed by atoms with E-state index in [1.807, 2.05) is 0 Å². The van der Waals surface area contributed by atoms with Gasteiger partial charge in [0.2, 0.25) is 5.91 Å². The molecule has 2 aromatic carbocycles. The Labute approximate surface area is 150 Å². The smallest absolute Gasteiger partial charge is 0.338 e. The Balaban J connectivity index is 2.04. The number of hydrogen-bond acceptors (Lipinski definition) is 5. The van der Waals surface area contributed by atoms with Crippen LogP contribution in [0.25, 0.3) is 0 Å². The molecule has 0 aliphatic carbocycles. The van der Waals surface area contributed by atoms with E-state index < -0.39 is 23.9 Å². The summed E-state index contributed by atoms with van der Waals surface area (Å²) in [6.07, 6.45) is -1.08. The number of anilines is 1. The number of ether oxygens (including phenoxy) is 1. The predicted octanol–water partition coefficient (Wildman–Crippen LogP) is 2.17. The summed E-state index contributed by atoms with van der Waals surface area (Å²) >= 11 is 0. The van der Waals surface area contributed by atoms with Crippen LogP contribution in [0.4, 0.5) is 5.69 Å². The summed E-state index contributed by atoms with van der Waals surface area (Å²) in [5.41, 5.74) is 6.28. The van der Waals surface area contributed by atoms with Crippen LogP contribution >= 0.6 is 0 Å². The highest BCUT2D eigenvalue weighted by Gasteiger charge is 2.20. The van der Waals surface area contributed by atoms with Gasteiger partial charge in [0.15, 0.2) is 11.9 Å². The van der Waals surface area contributed by atoms with Crippen molar-refractivity contribution in [2.75, 3.05) is 5.32 Å². The van der Waals surface area contributed by atoms with E-state index in [0.717, 1.165) is 0 Å². The first-order valence-corrected chi connectivity index (χ1v) is 7.81. The fourth-order valence-corrected chi connectivity index (χ4v) is 2.19. The van der Waals surface area contributed by atoms with Gasteiger partial charge in [0.25, 0.3) is 5.91 Å². The number of Topliss-reactive ketones (excluding diaryl/α,β-unsaturated/α-hetero) is 1. The molecule has 2 rings (SSSR count). The molecule has 7 heteroatoms. The maximum atomic E-state index is 12.2. The summed E-state index contributed by atoms with van der Waals surface area (Å²) in [6.45, 7) is 2.81. The molecule has 1 unspecified atom stereocenters. The Hall–Kier alpha value is -3.48. The number of primary amides is 1. The molecule has 3 N–H and O–H groups in total. The molecular weight excluding hydrogens is 336 g/mol. The third kappa shape index (κ3) is 4.54. The van der Waals surface area contributed by atoms with Gasteiger partial charge in [-0.15, -0.1) is 0 Å². The number of benzene rings is 2. The van der Waals surface area contributed by atoms with Crippen LogP contribution in [0.15, 0.2) is 48.5 Å². The van der Waals surface area contributed by atoms with Crippen LogP contribution in [0, 0.1) is 0 Å². The molecule has 0 saturated carbocycles. The maximum absolute atomic E-state index is 12.2. The third-order valence-electron chi connectivity index (χ3n) is 3.62. The highest BCUT2D eigenvalue weighted by atomic mass is 16.5. The Morgan fingerprint density at radius 3 is 2.12 bits per heavy atom. The summed E-state index contributed by atoms with van der Waals surface area (Å²) in [4.78, 5) is 46.9. The van der Waals surface area contributed by atoms with E-state index >= 15 is 0 Å². The predicted molar refractivity (Wildman–Crippen MR) is 94.9 cm³/mol. The number of hydrogen-bond donors (Lipinski definition) is 2. The normalized spacial score (nSPS) is 11.3. The van der Waals surface area contributed by atoms with Gasteiger partial charge in [0.05, 0.1) is 11.3 Å². The van der Waals surface area contributed by atoms with Crippen LogP contribution in [0.2, 0.25) is 0 Å². The van der Waals surface area contributed by atoms with Gasteiger partial charge >= 0.3 is 5.97 Å². The zero-order chi connectivity index (χ0) is 19.3. The summed E-state index contributed by atoms with van der Waals surface area (Å²) in [5.74, 6) is -2.09. The minimum absolute atomic E-state index is 0.179. The molecule has 0 heterocycles. The summed E-state index contributed by atoms with van der Waals surface area (Å²) in [6, 6.07) is 12.1. The van der Waals surface area contributed by atoms with Crippen LogP contribution in [0.5, 0.6) is 0 Å². The topological polar surface area (TPSA) is 116 Å². The largest absolute Gasteiger partial charge is 0.449 e. The molecule has 2 aromatic rings. The van der Waals surface area contributed by atoms with E-state index in [0.29, 0.717) is 11.3 Å². The maximum Gasteiger partial charge on any atom is 0.338 e. The lowest BCUT2D eigenvalue weighted by atomic mass is 10.1. The zero-order valence-electron chi connectivity index (χ0n) is 14.3. The fourth-order valence-electron chi connectivity index (χ4n) is 2.19. The van der Waals surface area contributed by atoms with E-state index in [1.165, 1.54) is 38.1 Å². The first-order valence-electron chi connectivity index (χ1n) is 7.81. The summed E-state index contributed by atoms with van der Waals surface area (Å²) < 4.78 is 5.12. The number of para-hydroxylation sites is 1. The molecule has 0 radical (unpaired) electrons. The third-order valence-corrected chi connectivity index (χ3v) is 3.62. The van der Waals surface area contributed by atoms with Gasteiger partial charge < -0.3 is 15.8 Å².